The number of carbonyl (C=O) groups is 2. The second-order valence-corrected chi connectivity index (χ2v) is 3.68. The third kappa shape index (κ3) is 5.21. The maximum atomic E-state index is 11.3. The quantitative estimate of drug-likeness (QED) is 0.799. The lowest BCUT2D eigenvalue weighted by molar-refractivity contribution is -0.139. The van der Waals surface area contributed by atoms with Gasteiger partial charge < -0.3 is 15.4 Å². The Balaban J connectivity index is 2.31. The summed E-state index contributed by atoms with van der Waals surface area (Å²) in [5.41, 5.74) is 0.880. The van der Waals surface area contributed by atoms with E-state index in [1.54, 1.807) is 18.2 Å². The Bertz CT molecular complexity index is 409. The Labute approximate surface area is 104 Å². The van der Waals surface area contributed by atoms with Crippen LogP contribution in [0.2, 0.25) is 5.02 Å². The smallest absolute Gasteiger partial charge is 0.325 e. The molecule has 0 saturated carbocycles. The summed E-state index contributed by atoms with van der Waals surface area (Å²) in [4.78, 5) is 22.0. The standard InChI is InChI=1S/C11H13ClN2O3/c1-17-10(15)7-14-11(16)13-6-8-3-2-4-9(12)5-8/h2-5H,6-7H2,1H3,(H2,13,14,16). The fourth-order valence-electron chi connectivity index (χ4n) is 1.12. The van der Waals surface area contributed by atoms with Gasteiger partial charge in [-0.1, -0.05) is 23.7 Å². The van der Waals surface area contributed by atoms with E-state index in [0.29, 0.717) is 11.6 Å². The van der Waals surface area contributed by atoms with Gasteiger partial charge in [0.05, 0.1) is 7.11 Å². The molecule has 0 aliphatic heterocycles. The van der Waals surface area contributed by atoms with Gasteiger partial charge in [-0.15, -0.1) is 0 Å². The average molecular weight is 257 g/mol. The number of rotatable bonds is 4. The zero-order chi connectivity index (χ0) is 12.7. The molecule has 0 radical (unpaired) electrons. The van der Waals surface area contributed by atoms with Crippen molar-refractivity contribution >= 4 is 23.6 Å². The molecule has 0 heterocycles. The first-order valence-corrected chi connectivity index (χ1v) is 5.32. The number of nitrogens with one attached hydrogen (secondary N) is 2. The molecular weight excluding hydrogens is 244 g/mol. The van der Waals surface area contributed by atoms with E-state index in [1.807, 2.05) is 6.07 Å². The zero-order valence-corrected chi connectivity index (χ0v) is 10.1. The number of benzene rings is 1. The minimum absolute atomic E-state index is 0.155. The molecule has 1 rings (SSSR count). The topological polar surface area (TPSA) is 67.4 Å². The Morgan fingerprint density at radius 1 is 1.35 bits per heavy atom. The fourth-order valence-corrected chi connectivity index (χ4v) is 1.33. The van der Waals surface area contributed by atoms with Gasteiger partial charge in [-0.25, -0.2) is 4.79 Å². The molecule has 0 fully saturated rings. The maximum Gasteiger partial charge on any atom is 0.325 e. The maximum absolute atomic E-state index is 11.3. The first kappa shape index (κ1) is 13.3. The van der Waals surface area contributed by atoms with Crippen molar-refractivity contribution in [2.24, 2.45) is 0 Å². The van der Waals surface area contributed by atoms with Crippen LogP contribution in [0, 0.1) is 0 Å². The molecule has 0 aliphatic rings. The van der Waals surface area contributed by atoms with Crippen LogP contribution in [-0.4, -0.2) is 25.7 Å². The number of urea groups is 1. The van der Waals surface area contributed by atoms with Crippen LogP contribution in [0.1, 0.15) is 5.56 Å². The van der Waals surface area contributed by atoms with Crippen molar-refractivity contribution in [2.75, 3.05) is 13.7 Å². The lowest BCUT2D eigenvalue weighted by atomic mass is 10.2. The predicted molar refractivity (Wildman–Crippen MR) is 63.7 cm³/mol. The zero-order valence-electron chi connectivity index (χ0n) is 9.33. The molecule has 0 spiro atoms. The van der Waals surface area contributed by atoms with Gasteiger partial charge in [0.2, 0.25) is 0 Å². The van der Waals surface area contributed by atoms with E-state index in [0.717, 1.165) is 5.56 Å². The van der Waals surface area contributed by atoms with Crippen molar-refractivity contribution < 1.29 is 14.3 Å². The highest BCUT2D eigenvalue weighted by Crippen LogP contribution is 2.09. The normalized spacial score (nSPS) is 9.53. The molecule has 0 atom stereocenters. The summed E-state index contributed by atoms with van der Waals surface area (Å²) in [5.74, 6) is -0.497. The van der Waals surface area contributed by atoms with Crippen molar-refractivity contribution in [2.45, 2.75) is 6.54 Å². The van der Waals surface area contributed by atoms with Crippen LogP contribution >= 0.6 is 11.6 Å². The molecule has 0 saturated heterocycles. The minimum Gasteiger partial charge on any atom is -0.468 e. The Hall–Kier alpha value is -1.75. The lowest BCUT2D eigenvalue weighted by Gasteiger charge is -2.06. The van der Waals surface area contributed by atoms with Crippen LogP contribution in [0.4, 0.5) is 4.79 Å². The molecule has 1 aromatic rings. The van der Waals surface area contributed by atoms with Gasteiger partial charge >= 0.3 is 12.0 Å². The molecule has 2 amide bonds. The van der Waals surface area contributed by atoms with E-state index in [9.17, 15) is 9.59 Å². The van der Waals surface area contributed by atoms with Crippen molar-refractivity contribution in [1.82, 2.24) is 10.6 Å². The summed E-state index contributed by atoms with van der Waals surface area (Å²) in [6.07, 6.45) is 0. The highest BCUT2D eigenvalue weighted by Gasteiger charge is 2.04. The number of hydrogen-bond acceptors (Lipinski definition) is 3. The highest BCUT2D eigenvalue weighted by molar-refractivity contribution is 6.30. The van der Waals surface area contributed by atoms with Gasteiger partial charge in [0.25, 0.3) is 0 Å². The van der Waals surface area contributed by atoms with E-state index >= 15 is 0 Å². The summed E-state index contributed by atoms with van der Waals surface area (Å²) in [6.45, 7) is 0.186. The monoisotopic (exact) mass is 256 g/mol. The number of hydrogen-bond donors (Lipinski definition) is 2. The van der Waals surface area contributed by atoms with E-state index in [2.05, 4.69) is 15.4 Å². The minimum atomic E-state index is -0.497. The van der Waals surface area contributed by atoms with Crippen LogP contribution < -0.4 is 10.6 Å². The lowest BCUT2D eigenvalue weighted by Crippen LogP contribution is -2.38. The molecule has 2 N–H and O–H groups in total. The predicted octanol–water partition coefficient (Wildman–Crippen LogP) is 1.31. The summed E-state index contributed by atoms with van der Waals surface area (Å²) in [5, 5.41) is 5.56. The molecule has 0 aromatic heterocycles. The molecule has 1 aromatic carbocycles. The van der Waals surface area contributed by atoms with E-state index in [-0.39, 0.29) is 6.54 Å². The molecule has 5 nitrogen and oxygen atoms in total. The van der Waals surface area contributed by atoms with Gasteiger partial charge in [0.15, 0.2) is 0 Å². The van der Waals surface area contributed by atoms with E-state index < -0.39 is 12.0 Å². The summed E-state index contributed by atoms with van der Waals surface area (Å²) in [7, 11) is 1.26. The molecule has 0 bridgehead atoms. The number of halogens is 1. The Morgan fingerprint density at radius 2 is 2.12 bits per heavy atom. The van der Waals surface area contributed by atoms with Gasteiger partial charge in [-0.2, -0.15) is 0 Å². The second kappa shape index (κ2) is 6.75. The number of amides is 2. The van der Waals surface area contributed by atoms with Crippen LogP contribution in [0.5, 0.6) is 0 Å². The molecule has 0 aliphatic carbocycles. The summed E-state index contributed by atoms with van der Waals surface area (Å²) < 4.78 is 4.38. The van der Waals surface area contributed by atoms with E-state index in [4.69, 9.17) is 11.6 Å². The largest absolute Gasteiger partial charge is 0.468 e. The van der Waals surface area contributed by atoms with Crippen molar-refractivity contribution in [3.8, 4) is 0 Å². The van der Waals surface area contributed by atoms with Gasteiger partial charge in [-0.05, 0) is 17.7 Å². The second-order valence-electron chi connectivity index (χ2n) is 3.24. The van der Waals surface area contributed by atoms with Crippen molar-refractivity contribution in [3.05, 3.63) is 34.9 Å². The first-order valence-electron chi connectivity index (χ1n) is 4.95. The third-order valence-corrected chi connectivity index (χ3v) is 2.20. The third-order valence-electron chi connectivity index (χ3n) is 1.96. The van der Waals surface area contributed by atoms with Crippen LogP contribution in [-0.2, 0) is 16.1 Å². The first-order chi connectivity index (χ1) is 8.11. The number of methoxy groups -OCH3 is 1. The number of carbonyl (C=O) groups excluding carboxylic acids is 2. The molecular formula is C11H13ClN2O3. The van der Waals surface area contributed by atoms with Crippen molar-refractivity contribution in [1.29, 1.82) is 0 Å². The Kier molecular flexibility index (Phi) is 5.29. The summed E-state index contributed by atoms with van der Waals surface area (Å²) >= 11 is 5.79. The van der Waals surface area contributed by atoms with E-state index in [1.165, 1.54) is 7.11 Å². The van der Waals surface area contributed by atoms with Gasteiger partial charge in [0, 0.05) is 11.6 Å². The van der Waals surface area contributed by atoms with Crippen LogP contribution in [0.25, 0.3) is 0 Å². The fraction of sp³-hybridized carbons (Fsp3) is 0.273. The molecule has 6 heteroatoms. The molecule has 0 unspecified atom stereocenters. The highest BCUT2D eigenvalue weighted by atomic mass is 35.5. The Morgan fingerprint density at radius 3 is 2.76 bits per heavy atom. The van der Waals surface area contributed by atoms with Crippen molar-refractivity contribution in [3.63, 3.8) is 0 Å². The van der Waals surface area contributed by atoms with Crippen LogP contribution in [0.15, 0.2) is 24.3 Å². The van der Waals surface area contributed by atoms with Crippen LogP contribution in [0.3, 0.4) is 0 Å². The number of ether oxygens (including phenoxy) is 1. The van der Waals surface area contributed by atoms with Gasteiger partial charge in [-0.3, -0.25) is 4.79 Å². The molecule has 92 valence electrons. The summed E-state index contributed by atoms with van der Waals surface area (Å²) in [6, 6.07) is 6.71. The number of esters is 1. The van der Waals surface area contributed by atoms with Gasteiger partial charge in [0.1, 0.15) is 6.54 Å². The molecule has 17 heavy (non-hydrogen) atoms. The SMILES string of the molecule is COC(=O)CNC(=O)NCc1cccc(Cl)c1. The average Bonchev–Trinajstić information content (AvgIpc) is 2.33.